The molecule has 1 aliphatic rings. The van der Waals surface area contributed by atoms with Crippen LogP contribution in [0, 0.1) is 0 Å². The van der Waals surface area contributed by atoms with Crippen molar-refractivity contribution in [3.63, 3.8) is 0 Å². The first kappa shape index (κ1) is 16.4. The minimum Gasteiger partial charge on any atom is -0.369 e. The third-order valence-corrected chi connectivity index (χ3v) is 3.92. The molecule has 2 rings (SSSR count). The predicted molar refractivity (Wildman–Crippen MR) is 79.1 cm³/mol. The molecule has 8 heteroatoms. The van der Waals surface area contributed by atoms with Crippen molar-refractivity contribution in [2.24, 2.45) is 5.73 Å². The molecule has 0 saturated carbocycles. The summed E-state index contributed by atoms with van der Waals surface area (Å²) in [5.41, 5.74) is 5.15. The molecule has 2 heterocycles. The number of carbonyl (C=O) groups excluding carboxylic acids is 2. The van der Waals surface area contributed by atoms with Crippen LogP contribution in [0.4, 0.5) is 0 Å². The van der Waals surface area contributed by atoms with Gasteiger partial charge >= 0.3 is 0 Å². The van der Waals surface area contributed by atoms with Gasteiger partial charge in [-0.15, -0.1) is 5.10 Å². The van der Waals surface area contributed by atoms with Crippen molar-refractivity contribution < 1.29 is 14.3 Å². The number of hydrogen-bond acceptors (Lipinski definition) is 5. The van der Waals surface area contributed by atoms with Gasteiger partial charge in [-0.2, -0.15) is 0 Å². The van der Waals surface area contributed by atoms with Crippen molar-refractivity contribution in [3.05, 3.63) is 12.2 Å². The SMILES string of the molecule is CC[C@H](C)OCC(=O)N1CCC[C@H](n2cnc(C(N)=O)n2)C1. The fourth-order valence-electron chi connectivity index (χ4n) is 2.38. The number of likely N-dealkylation sites (tertiary alicyclic amines) is 1. The van der Waals surface area contributed by atoms with Gasteiger partial charge in [0.15, 0.2) is 0 Å². The normalized spacial score (nSPS) is 19.9. The molecule has 1 aromatic rings. The quantitative estimate of drug-likeness (QED) is 0.817. The molecule has 8 nitrogen and oxygen atoms in total. The van der Waals surface area contributed by atoms with Crippen LogP contribution in [0.15, 0.2) is 6.33 Å². The lowest BCUT2D eigenvalue weighted by molar-refractivity contribution is -0.139. The van der Waals surface area contributed by atoms with Crippen LogP contribution in [-0.2, 0) is 9.53 Å². The van der Waals surface area contributed by atoms with Gasteiger partial charge in [0.25, 0.3) is 5.91 Å². The van der Waals surface area contributed by atoms with E-state index in [1.54, 1.807) is 9.58 Å². The van der Waals surface area contributed by atoms with Gasteiger partial charge < -0.3 is 15.4 Å². The standard InChI is InChI=1S/C14H23N5O3/c1-3-10(2)22-8-12(20)18-6-4-5-11(7-18)19-9-16-14(17-19)13(15)21/h9-11H,3-8H2,1-2H3,(H2,15,21)/t10-,11-/m0/s1. The molecule has 0 unspecified atom stereocenters. The highest BCUT2D eigenvalue weighted by atomic mass is 16.5. The number of hydrogen-bond donors (Lipinski definition) is 1. The van der Waals surface area contributed by atoms with Gasteiger partial charge in [0.05, 0.1) is 12.1 Å². The number of nitrogens with zero attached hydrogens (tertiary/aromatic N) is 4. The first-order valence-corrected chi connectivity index (χ1v) is 7.61. The number of primary amides is 1. The Balaban J connectivity index is 1.93. The lowest BCUT2D eigenvalue weighted by Gasteiger charge is -2.32. The van der Waals surface area contributed by atoms with E-state index in [2.05, 4.69) is 10.1 Å². The summed E-state index contributed by atoms with van der Waals surface area (Å²) >= 11 is 0. The molecule has 0 aromatic carbocycles. The molecular weight excluding hydrogens is 286 g/mol. The number of amides is 2. The zero-order chi connectivity index (χ0) is 16.1. The maximum atomic E-state index is 12.2. The summed E-state index contributed by atoms with van der Waals surface area (Å²) in [7, 11) is 0. The molecule has 1 aromatic heterocycles. The van der Waals surface area contributed by atoms with Gasteiger partial charge in [0, 0.05) is 13.1 Å². The highest BCUT2D eigenvalue weighted by molar-refractivity contribution is 5.88. The minimum atomic E-state index is -0.649. The average Bonchev–Trinajstić information content (AvgIpc) is 3.02. The number of rotatable bonds is 6. The number of carbonyl (C=O) groups is 2. The smallest absolute Gasteiger partial charge is 0.288 e. The Morgan fingerprint density at radius 2 is 2.32 bits per heavy atom. The van der Waals surface area contributed by atoms with Crippen LogP contribution in [0.2, 0.25) is 0 Å². The lowest BCUT2D eigenvalue weighted by Crippen LogP contribution is -2.43. The molecule has 2 atom stereocenters. The topological polar surface area (TPSA) is 103 Å². The summed E-state index contributed by atoms with van der Waals surface area (Å²) in [4.78, 5) is 28.9. The van der Waals surface area contributed by atoms with E-state index in [1.807, 2.05) is 13.8 Å². The summed E-state index contributed by atoms with van der Waals surface area (Å²) in [5.74, 6) is -0.659. The van der Waals surface area contributed by atoms with E-state index in [1.165, 1.54) is 6.33 Å². The zero-order valence-electron chi connectivity index (χ0n) is 13.1. The van der Waals surface area contributed by atoms with Crippen molar-refractivity contribution in [1.29, 1.82) is 0 Å². The molecule has 2 N–H and O–H groups in total. The Kier molecular flexibility index (Phi) is 5.48. The van der Waals surface area contributed by atoms with E-state index in [0.29, 0.717) is 6.54 Å². The second kappa shape index (κ2) is 7.35. The molecule has 2 amide bonds. The number of aromatic nitrogens is 3. The largest absolute Gasteiger partial charge is 0.369 e. The van der Waals surface area contributed by atoms with Crippen molar-refractivity contribution in [2.45, 2.75) is 45.3 Å². The Bertz CT molecular complexity index is 530. The number of ether oxygens (including phenoxy) is 1. The molecule has 0 bridgehead atoms. The van der Waals surface area contributed by atoms with Crippen LogP contribution >= 0.6 is 0 Å². The van der Waals surface area contributed by atoms with E-state index in [9.17, 15) is 9.59 Å². The molecule has 1 fully saturated rings. The molecule has 0 aliphatic carbocycles. The van der Waals surface area contributed by atoms with E-state index in [0.717, 1.165) is 25.8 Å². The molecule has 0 spiro atoms. The monoisotopic (exact) mass is 309 g/mol. The third-order valence-electron chi connectivity index (χ3n) is 3.92. The van der Waals surface area contributed by atoms with Crippen LogP contribution in [0.25, 0.3) is 0 Å². The number of nitrogens with two attached hydrogens (primary N) is 1. The lowest BCUT2D eigenvalue weighted by atomic mass is 10.1. The first-order chi connectivity index (χ1) is 10.5. The summed E-state index contributed by atoms with van der Waals surface area (Å²) in [6, 6.07) is 0.0156. The summed E-state index contributed by atoms with van der Waals surface area (Å²) in [5, 5.41) is 4.08. The van der Waals surface area contributed by atoms with Gasteiger partial charge in [0.1, 0.15) is 12.9 Å². The molecule has 122 valence electrons. The fourth-order valence-corrected chi connectivity index (χ4v) is 2.38. The van der Waals surface area contributed by atoms with Crippen LogP contribution in [0.1, 0.15) is 49.8 Å². The van der Waals surface area contributed by atoms with E-state index in [4.69, 9.17) is 10.5 Å². The number of piperidine rings is 1. The fraction of sp³-hybridized carbons (Fsp3) is 0.714. The van der Waals surface area contributed by atoms with E-state index >= 15 is 0 Å². The van der Waals surface area contributed by atoms with E-state index < -0.39 is 5.91 Å². The van der Waals surface area contributed by atoms with Crippen LogP contribution in [0.5, 0.6) is 0 Å². The highest BCUT2D eigenvalue weighted by Gasteiger charge is 2.26. The van der Waals surface area contributed by atoms with E-state index in [-0.39, 0.29) is 30.5 Å². The van der Waals surface area contributed by atoms with Gasteiger partial charge in [-0.3, -0.25) is 9.59 Å². The van der Waals surface area contributed by atoms with Gasteiger partial charge in [-0.25, -0.2) is 9.67 Å². The zero-order valence-corrected chi connectivity index (χ0v) is 13.1. The second-order valence-electron chi connectivity index (χ2n) is 5.58. The van der Waals surface area contributed by atoms with Crippen LogP contribution in [0.3, 0.4) is 0 Å². The van der Waals surface area contributed by atoms with Crippen LogP contribution < -0.4 is 5.73 Å². The Hall–Kier alpha value is -1.96. The Morgan fingerprint density at radius 3 is 2.95 bits per heavy atom. The van der Waals surface area contributed by atoms with Crippen molar-refractivity contribution >= 4 is 11.8 Å². The predicted octanol–water partition coefficient (Wildman–Crippen LogP) is 0.356. The van der Waals surface area contributed by atoms with Crippen molar-refractivity contribution in [2.75, 3.05) is 19.7 Å². The second-order valence-corrected chi connectivity index (χ2v) is 5.58. The first-order valence-electron chi connectivity index (χ1n) is 7.61. The molecule has 1 aliphatic heterocycles. The van der Waals surface area contributed by atoms with Crippen molar-refractivity contribution in [1.82, 2.24) is 19.7 Å². The summed E-state index contributed by atoms with van der Waals surface area (Å²) in [6.07, 6.45) is 4.22. The minimum absolute atomic E-state index is 0.00329. The van der Waals surface area contributed by atoms with Gasteiger partial charge in [0.2, 0.25) is 11.7 Å². The highest BCUT2D eigenvalue weighted by Crippen LogP contribution is 2.20. The molecular formula is C14H23N5O3. The van der Waals surface area contributed by atoms with Crippen molar-refractivity contribution in [3.8, 4) is 0 Å². The maximum Gasteiger partial charge on any atom is 0.288 e. The molecule has 1 saturated heterocycles. The average molecular weight is 309 g/mol. The third kappa shape index (κ3) is 4.03. The molecule has 22 heavy (non-hydrogen) atoms. The Morgan fingerprint density at radius 1 is 1.55 bits per heavy atom. The summed E-state index contributed by atoms with van der Waals surface area (Å²) < 4.78 is 7.12. The summed E-state index contributed by atoms with van der Waals surface area (Å²) in [6.45, 7) is 5.34. The van der Waals surface area contributed by atoms with Gasteiger partial charge in [-0.1, -0.05) is 6.92 Å². The molecule has 0 radical (unpaired) electrons. The van der Waals surface area contributed by atoms with Crippen LogP contribution in [-0.4, -0.2) is 57.3 Å². The Labute approximate surface area is 129 Å². The van der Waals surface area contributed by atoms with Gasteiger partial charge in [-0.05, 0) is 26.2 Å². The maximum absolute atomic E-state index is 12.2.